The molecule has 0 amide bonds. The average Bonchev–Trinajstić information content (AvgIpc) is 3.02. The van der Waals surface area contributed by atoms with E-state index in [9.17, 15) is 10.2 Å². The molecule has 0 spiro atoms. The fraction of sp³-hybridized carbons (Fsp3) is 0.222. The molecule has 0 bridgehead atoms. The molecule has 0 unspecified atom stereocenters. The zero-order valence-electron chi connectivity index (χ0n) is 13.5. The first-order valence-corrected chi connectivity index (χ1v) is 7.60. The van der Waals surface area contributed by atoms with Crippen molar-refractivity contribution in [2.75, 3.05) is 0 Å². The molecule has 0 saturated carbocycles. The van der Waals surface area contributed by atoms with Gasteiger partial charge in [0.25, 0.3) is 0 Å². The van der Waals surface area contributed by atoms with Gasteiger partial charge in [-0.2, -0.15) is 9.78 Å². The van der Waals surface area contributed by atoms with Crippen LogP contribution in [0.15, 0.2) is 48.8 Å². The first-order valence-electron chi connectivity index (χ1n) is 7.60. The Morgan fingerprint density at radius 2 is 1.92 bits per heavy atom. The molecular weight excluding hydrogens is 306 g/mol. The predicted octanol–water partition coefficient (Wildman–Crippen LogP) is 2.45. The lowest BCUT2D eigenvalue weighted by molar-refractivity contribution is -0.0425. The van der Waals surface area contributed by atoms with Crippen LogP contribution in [0.2, 0.25) is 0 Å². The molecule has 6 nitrogen and oxygen atoms in total. The van der Waals surface area contributed by atoms with Gasteiger partial charge in [0.1, 0.15) is 6.61 Å². The summed E-state index contributed by atoms with van der Waals surface area (Å²) < 4.78 is 7.40. The summed E-state index contributed by atoms with van der Waals surface area (Å²) in [5.41, 5.74) is 3.83. The second kappa shape index (κ2) is 6.82. The van der Waals surface area contributed by atoms with Crippen molar-refractivity contribution in [3.63, 3.8) is 0 Å². The van der Waals surface area contributed by atoms with Gasteiger partial charge in [0.2, 0.25) is 5.88 Å². The van der Waals surface area contributed by atoms with Gasteiger partial charge in [-0.25, -0.2) is 4.98 Å². The molecular formula is C18H19N3O3. The number of benzene rings is 1. The minimum absolute atomic E-state index is 0.343. The van der Waals surface area contributed by atoms with E-state index in [4.69, 9.17) is 4.74 Å². The van der Waals surface area contributed by atoms with E-state index in [0.717, 1.165) is 5.56 Å². The SMILES string of the molecule is Cc1ccc(COc2ccnn2-c2cc(C(O)O)ccn2)c(C)c1. The molecule has 3 rings (SSSR count). The number of aliphatic hydroxyl groups excluding tert-OH is 1. The van der Waals surface area contributed by atoms with Crippen molar-refractivity contribution < 1.29 is 14.9 Å². The lowest BCUT2D eigenvalue weighted by Gasteiger charge is -2.12. The maximum atomic E-state index is 9.29. The highest BCUT2D eigenvalue weighted by atomic mass is 16.5. The lowest BCUT2D eigenvalue weighted by atomic mass is 10.1. The number of ether oxygens (including phenoxy) is 1. The quantitative estimate of drug-likeness (QED) is 0.704. The zero-order valence-corrected chi connectivity index (χ0v) is 13.5. The average molecular weight is 325 g/mol. The van der Waals surface area contributed by atoms with Crippen LogP contribution in [-0.2, 0) is 6.61 Å². The van der Waals surface area contributed by atoms with Gasteiger partial charge in [0.05, 0.1) is 6.20 Å². The van der Waals surface area contributed by atoms with Gasteiger partial charge in [0.15, 0.2) is 12.1 Å². The molecule has 124 valence electrons. The van der Waals surface area contributed by atoms with Crippen LogP contribution < -0.4 is 4.74 Å². The molecule has 0 aliphatic heterocycles. The highest BCUT2D eigenvalue weighted by Gasteiger charge is 2.11. The Bertz CT molecular complexity index is 843. The second-order valence-electron chi connectivity index (χ2n) is 5.62. The molecule has 0 atom stereocenters. The molecule has 3 aromatic rings. The highest BCUT2D eigenvalue weighted by Crippen LogP contribution is 2.20. The molecule has 1 aromatic carbocycles. The van der Waals surface area contributed by atoms with Gasteiger partial charge in [-0.05, 0) is 37.1 Å². The standard InChI is InChI=1S/C18H19N3O3/c1-12-3-4-15(13(2)9-12)11-24-17-6-8-20-21(17)16-10-14(18(22)23)5-7-19-16/h3-10,18,22-23H,11H2,1-2H3. The Hall–Kier alpha value is -2.70. The van der Waals surface area contributed by atoms with E-state index in [1.54, 1.807) is 18.3 Å². The summed E-state index contributed by atoms with van der Waals surface area (Å²) in [6.45, 7) is 4.53. The largest absolute Gasteiger partial charge is 0.473 e. The van der Waals surface area contributed by atoms with Crippen LogP contribution in [0, 0.1) is 13.8 Å². The summed E-state index contributed by atoms with van der Waals surface area (Å²) in [5, 5.41) is 22.8. The van der Waals surface area contributed by atoms with Gasteiger partial charge >= 0.3 is 0 Å². The first kappa shape index (κ1) is 16.2. The summed E-state index contributed by atoms with van der Waals surface area (Å²) in [4.78, 5) is 4.21. The summed E-state index contributed by atoms with van der Waals surface area (Å²) in [5.74, 6) is 0.994. The van der Waals surface area contributed by atoms with E-state index >= 15 is 0 Å². The molecule has 0 aliphatic carbocycles. The summed E-state index contributed by atoms with van der Waals surface area (Å²) in [6, 6.07) is 11.1. The molecule has 0 fully saturated rings. The molecule has 2 heterocycles. The summed E-state index contributed by atoms with van der Waals surface area (Å²) >= 11 is 0. The molecule has 0 saturated heterocycles. The van der Waals surface area contributed by atoms with Gasteiger partial charge in [-0.3, -0.25) is 0 Å². The van der Waals surface area contributed by atoms with Crippen molar-refractivity contribution in [3.8, 4) is 11.7 Å². The van der Waals surface area contributed by atoms with Crippen LogP contribution in [0.3, 0.4) is 0 Å². The van der Waals surface area contributed by atoms with Crippen molar-refractivity contribution in [1.82, 2.24) is 14.8 Å². The normalized spacial score (nSPS) is 11.0. The number of hydrogen-bond acceptors (Lipinski definition) is 5. The van der Waals surface area contributed by atoms with Gasteiger partial charge < -0.3 is 14.9 Å². The Morgan fingerprint density at radius 1 is 1.08 bits per heavy atom. The van der Waals surface area contributed by atoms with E-state index in [1.807, 2.05) is 6.07 Å². The predicted molar refractivity (Wildman–Crippen MR) is 88.8 cm³/mol. The van der Waals surface area contributed by atoms with Crippen molar-refractivity contribution in [2.24, 2.45) is 0 Å². The molecule has 24 heavy (non-hydrogen) atoms. The van der Waals surface area contributed by atoms with E-state index in [-0.39, 0.29) is 0 Å². The number of hydrogen-bond donors (Lipinski definition) is 2. The Labute approximate surface area is 140 Å². The van der Waals surface area contributed by atoms with Crippen molar-refractivity contribution >= 4 is 0 Å². The first-order chi connectivity index (χ1) is 11.5. The van der Waals surface area contributed by atoms with Crippen LogP contribution in [0.4, 0.5) is 0 Å². The number of nitrogens with zero attached hydrogens (tertiary/aromatic N) is 3. The third-order valence-electron chi connectivity index (χ3n) is 3.77. The summed E-state index contributed by atoms with van der Waals surface area (Å²) in [6.07, 6.45) is 1.56. The molecule has 0 aliphatic rings. The Kier molecular flexibility index (Phi) is 4.59. The minimum Gasteiger partial charge on any atom is -0.473 e. The number of pyridine rings is 1. The maximum Gasteiger partial charge on any atom is 0.218 e. The summed E-state index contributed by atoms with van der Waals surface area (Å²) in [7, 11) is 0. The topological polar surface area (TPSA) is 80.4 Å². The van der Waals surface area contributed by atoms with E-state index < -0.39 is 6.29 Å². The third kappa shape index (κ3) is 3.45. The van der Waals surface area contributed by atoms with E-state index in [0.29, 0.717) is 23.9 Å². The minimum atomic E-state index is -1.55. The highest BCUT2D eigenvalue weighted by molar-refractivity contribution is 5.33. The number of rotatable bonds is 5. The molecule has 6 heteroatoms. The maximum absolute atomic E-state index is 9.29. The third-order valence-corrected chi connectivity index (χ3v) is 3.77. The van der Waals surface area contributed by atoms with Gasteiger partial charge in [0, 0.05) is 17.8 Å². The molecule has 0 radical (unpaired) electrons. The van der Waals surface area contributed by atoms with E-state index in [2.05, 4.69) is 36.1 Å². The smallest absolute Gasteiger partial charge is 0.218 e. The number of aliphatic hydroxyl groups is 2. The van der Waals surface area contributed by atoms with Crippen molar-refractivity contribution in [2.45, 2.75) is 26.7 Å². The number of aromatic nitrogens is 3. The Morgan fingerprint density at radius 3 is 2.67 bits per heavy atom. The molecule has 2 aromatic heterocycles. The van der Waals surface area contributed by atoms with Crippen molar-refractivity contribution in [1.29, 1.82) is 0 Å². The van der Waals surface area contributed by atoms with Crippen LogP contribution in [0.25, 0.3) is 5.82 Å². The second-order valence-corrected chi connectivity index (χ2v) is 5.62. The fourth-order valence-corrected chi connectivity index (χ4v) is 2.44. The zero-order chi connectivity index (χ0) is 17.1. The van der Waals surface area contributed by atoms with Crippen LogP contribution in [-0.4, -0.2) is 25.0 Å². The fourth-order valence-electron chi connectivity index (χ4n) is 2.44. The van der Waals surface area contributed by atoms with Gasteiger partial charge in [-0.15, -0.1) is 0 Å². The van der Waals surface area contributed by atoms with Crippen LogP contribution in [0.1, 0.15) is 28.5 Å². The van der Waals surface area contributed by atoms with Crippen LogP contribution in [0.5, 0.6) is 5.88 Å². The Balaban J connectivity index is 1.82. The van der Waals surface area contributed by atoms with Crippen LogP contribution >= 0.6 is 0 Å². The number of aryl methyl sites for hydroxylation is 2. The van der Waals surface area contributed by atoms with Gasteiger partial charge in [-0.1, -0.05) is 23.8 Å². The van der Waals surface area contributed by atoms with E-state index in [1.165, 1.54) is 28.1 Å². The van der Waals surface area contributed by atoms with Crippen molar-refractivity contribution in [3.05, 3.63) is 71.0 Å². The lowest BCUT2D eigenvalue weighted by Crippen LogP contribution is -2.07. The molecule has 2 N–H and O–H groups in total. The monoisotopic (exact) mass is 325 g/mol.